The lowest BCUT2D eigenvalue weighted by Crippen LogP contribution is -2.14. The van der Waals surface area contributed by atoms with Gasteiger partial charge in [0, 0.05) is 20.0 Å². The normalized spacial score (nSPS) is 15.7. The Balaban J connectivity index is 2.46. The predicted molar refractivity (Wildman–Crippen MR) is 61.0 cm³/mol. The van der Waals surface area contributed by atoms with Gasteiger partial charge in [0.25, 0.3) is 0 Å². The van der Waals surface area contributed by atoms with E-state index in [0.29, 0.717) is 17.0 Å². The van der Waals surface area contributed by atoms with Crippen LogP contribution in [-0.2, 0) is 0 Å². The van der Waals surface area contributed by atoms with Crippen LogP contribution in [0.4, 0.5) is 5.95 Å². The van der Waals surface area contributed by atoms with Gasteiger partial charge in [-0.2, -0.15) is 4.98 Å². The van der Waals surface area contributed by atoms with Crippen LogP contribution in [0.5, 0.6) is 0 Å². The number of rotatable bonds is 2. The van der Waals surface area contributed by atoms with Crippen molar-refractivity contribution in [2.45, 2.75) is 18.8 Å². The summed E-state index contributed by atoms with van der Waals surface area (Å²) >= 11 is 9.44. The van der Waals surface area contributed by atoms with Gasteiger partial charge in [-0.1, -0.05) is 11.6 Å². The average molecular weight is 277 g/mol. The van der Waals surface area contributed by atoms with Crippen LogP contribution < -0.4 is 4.90 Å². The Morgan fingerprint density at radius 3 is 2.50 bits per heavy atom. The van der Waals surface area contributed by atoms with Gasteiger partial charge in [-0.25, -0.2) is 4.98 Å². The van der Waals surface area contributed by atoms with E-state index in [1.54, 1.807) is 0 Å². The van der Waals surface area contributed by atoms with Gasteiger partial charge in [0.05, 0.1) is 10.2 Å². The summed E-state index contributed by atoms with van der Waals surface area (Å²) in [5.74, 6) is 1.25. The number of hydrogen-bond acceptors (Lipinski definition) is 3. The standard InChI is InChI=1S/C9H11BrClN3/c1-14(2)9-12-7(5-3-4-5)6(10)8(11)13-9/h5H,3-4H2,1-2H3. The van der Waals surface area contributed by atoms with Gasteiger partial charge in [0.1, 0.15) is 5.15 Å². The molecular formula is C9H11BrClN3. The van der Waals surface area contributed by atoms with Crippen LogP contribution in [0.3, 0.4) is 0 Å². The summed E-state index contributed by atoms with van der Waals surface area (Å²) in [4.78, 5) is 10.5. The molecule has 0 aromatic carbocycles. The molecule has 1 aromatic rings. The van der Waals surface area contributed by atoms with Gasteiger partial charge in [0.2, 0.25) is 5.95 Å². The first-order valence-corrected chi connectivity index (χ1v) is 5.67. The van der Waals surface area contributed by atoms with E-state index in [1.165, 1.54) is 12.8 Å². The highest BCUT2D eigenvalue weighted by atomic mass is 79.9. The van der Waals surface area contributed by atoms with E-state index in [1.807, 2.05) is 19.0 Å². The number of halogens is 2. The van der Waals surface area contributed by atoms with Crippen molar-refractivity contribution in [1.29, 1.82) is 0 Å². The van der Waals surface area contributed by atoms with Crippen molar-refractivity contribution in [3.63, 3.8) is 0 Å². The fourth-order valence-corrected chi connectivity index (χ4v) is 1.93. The van der Waals surface area contributed by atoms with E-state index < -0.39 is 0 Å². The molecule has 0 radical (unpaired) electrons. The molecule has 1 aliphatic rings. The second-order valence-electron chi connectivity index (χ2n) is 3.68. The molecule has 14 heavy (non-hydrogen) atoms. The molecule has 1 fully saturated rings. The Bertz CT molecular complexity index is 363. The van der Waals surface area contributed by atoms with Gasteiger partial charge >= 0.3 is 0 Å². The molecule has 0 amide bonds. The summed E-state index contributed by atoms with van der Waals surface area (Å²) < 4.78 is 0.854. The largest absolute Gasteiger partial charge is 0.347 e. The molecule has 0 N–H and O–H groups in total. The summed E-state index contributed by atoms with van der Waals surface area (Å²) in [5, 5.41) is 0.505. The molecular weight excluding hydrogens is 265 g/mol. The molecule has 3 nitrogen and oxygen atoms in total. The summed E-state index contributed by atoms with van der Waals surface area (Å²) in [7, 11) is 3.83. The van der Waals surface area contributed by atoms with Crippen molar-refractivity contribution < 1.29 is 0 Å². The third-order valence-electron chi connectivity index (χ3n) is 2.19. The molecule has 1 heterocycles. The monoisotopic (exact) mass is 275 g/mol. The van der Waals surface area contributed by atoms with Crippen LogP contribution in [-0.4, -0.2) is 24.1 Å². The molecule has 2 rings (SSSR count). The Morgan fingerprint density at radius 2 is 2.00 bits per heavy atom. The van der Waals surface area contributed by atoms with Crippen molar-refractivity contribution >= 4 is 33.5 Å². The van der Waals surface area contributed by atoms with E-state index in [2.05, 4.69) is 25.9 Å². The Kier molecular flexibility index (Phi) is 2.66. The lowest BCUT2D eigenvalue weighted by atomic mass is 10.3. The molecule has 0 aliphatic heterocycles. The van der Waals surface area contributed by atoms with Crippen LogP contribution in [0.25, 0.3) is 0 Å². The van der Waals surface area contributed by atoms with Crippen LogP contribution in [0.2, 0.25) is 5.15 Å². The van der Waals surface area contributed by atoms with E-state index >= 15 is 0 Å². The molecule has 0 spiro atoms. The van der Waals surface area contributed by atoms with Gasteiger partial charge in [-0.05, 0) is 28.8 Å². The minimum Gasteiger partial charge on any atom is -0.347 e. The molecule has 0 saturated heterocycles. The summed E-state index contributed by atoms with van der Waals surface area (Å²) in [6.07, 6.45) is 2.41. The number of aromatic nitrogens is 2. The van der Waals surface area contributed by atoms with Crippen LogP contribution in [0, 0.1) is 0 Å². The molecule has 5 heteroatoms. The van der Waals surface area contributed by atoms with E-state index in [4.69, 9.17) is 11.6 Å². The fourth-order valence-electron chi connectivity index (χ4n) is 1.25. The van der Waals surface area contributed by atoms with E-state index in [9.17, 15) is 0 Å². The number of nitrogens with zero attached hydrogens (tertiary/aromatic N) is 3. The summed E-state index contributed by atoms with van der Waals surface area (Å²) in [5.41, 5.74) is 1.05. The first kappa shape index (κ1) is 10.2. The maximum atomic E-state index is 6.01. The maximum Gasteiger partial charge on any atom is 0.226 e. The highest BCUT2D eigenvalue weighted by Crippen LogP contribution is 2.44. The molecule has 1 saturated carbocycles. The van der Waals surface area contributed by atoms with Gasteiger partial charge in [-0.15, -0.1) is 0 Å². The van der Waals surface area contributed by atoms with E-state index in [-0.39, 0.29) is 0 Å². The Hall–Kier alpha value is -0.350. The average Bonchev–Trinajstić information content (AvgIpc) is 2.92. The lowest BCUT2D eigenvalue weighted by molar-refractivity contribution is 0.924. The minimum atomic E-state index is 0.505. The van der Waals surface area contributed by atoms with Gasteiger partial charge < -0.3 is 4.90 Å². The predicted octanol–water partition coefficient (Wildman–Crippen LogP) is 2.84. The minimum absolute atomic E-state index is 0.505. The van der Waals surface area contributed by atoms with Crippen molar-refractivity contribution in [3.05, 3.63) is 15.3 Å². The van der Waals surface area contributed by atoms with Crippen LogP contribution >= 0.6 is 27.5 Å². The van der Waals surface area contributed by atoms with Crippen molar-refractivity contribution in [1.82, 2.24) is 9.97 Å². The molecule has 1 aliphatic carbocycles. The lowest BCUT2D eigenvalue weighted by Gasteiger charge is -2.12. The fraction of sp³-hybridized carbons (Fsp3) is 0.556. The maximum absolute atomic E-state index is 6.01. The topological polar surface area (TPSA) is 29.0 Å². The zero-order valence-corrected chi connectivity index (χ0v) is 10.4. The zero-order valence-electron chi connectivity index (χ0n) is 8.09. The highest BCUT2D eigenvalue weighted by Gasteiger charge is 2.29. The van der Waals surface area contributed by atoms with Crippen molar-refractivity contribution in [2.75, 3.05) is 19.0 Å². The first-order valence-electron chi connectivity index (χ1n) is 4.50. The Morgan fingerprint density at radius 1 is 1.36 bits per heavy atom. The zero-order chi connectivity index (χ0) is 10.3. The Labute approximate surface area is 96.6 Å². The van der Waals surface area contributed by atoms with Gasteiger partial charge in [0.15, 0.2) is 0 Å². The molecule has 76 valence electrons. The number of anilines is 1. The molecule has 0 atom stereocenters. The quantitative estimate of drug-likeness (QED) is 0.778. The molecule has 0 unspecified atom stereocenters. The van der Waals surface area contributed by atoms with Crippen LogP contribution in [0.1, 0.15) is 24.5 Å². The van der Waals surface area contributed by atoms with Crippen molar-refractivity contribution in [2.24, 2.45) is 0 Å². The third-order valence-corrected chi connectivity index (χ3v) is 3.47. The second kappa shape index (κ2) is 3.66. The van der Waals surface area contributed by atoms with E-state index in [0.717, 1.165) is 10.2 Å². The summed E-state index contributed by atoms with van der Waals surface area (Å²) in [6, 6.07) is 0. The highest BCUT2D eigenvalue weighted by molar-refractivity contribution is 9.10. The van der Waals surface area contributed by atoms with Crippen molar-refractivity contribution in [3.8, 4) is 0 Å². The number of hydrogen-bond donors (Lipinski definition) is 0. The SMILES string of the molecule is CN(C)c1nc(Cl)c(Br)c(C2CC2)n1. The summed E-state index contributed by atoms with van der Waals surface area (Å²) in [6.45, 7) is 0. The molecule has 1 aromatic heterocycles. The second-order valence-corrected chi connectivity index (χ2v) is 4.83. The van der Waals surface area contributed by atoms with Gasteiger partial charge in [-0.3, -0.25) is 0 Å². The molecule has 0 bridgehead atoms. The first-order chi connectivity index (χ1) is 6.59. The third kappa shape index (κ3) is 1.86. The smallest absolute Gasteiger partial charge is 0.226 e. The van der Waals surface area contributed by atoms with Crippen LogP contribution in [0.15, 0.2) is 4.47 Å².